The average Bonchev–Trinajstić information content (AvgIpc) is 2.82. The van der Waals surface area contributed by atoms with Crippen molar-refractivity contribution in [3.8, 4) is 5.75 Å². The van der Waals surface area contributed by atoms with E-state index in [1.807, 2.05) is 0 Å². The first-order valence-corrected chi connectivity index (χ1v) is 10.6. The summed E-state index contributed by atoms with van der Waals surface area (Å²) in [5.74, 6) is -1.83. The fourth-order valence-electron chi connectivity index (χ4n) is 3.59. The van der Waals surface area contributed by atoms with E-state index in [1.165, 1.54) is 31.2 Å². The highest BCUT2D eigenvalue weighted by Gasteiger charge is 2.35. The first-order chi connectivity index (χ1) is 16.5. The van der Waals surface area contributed by atoms with Crippen molar-refractivity contribution >= 4 is 23.2 Å². The number of amides is 2. The lowest BCUT2D eigenvalue weighted by molar-refractivity contribution is -0.384. The average molecular weight is 498 g/mol. The Balaban J connectivity index is 1.52. The first-order valence-electron chi connectivity index (χ1n) is 10.6. The van der Waals surface area contributed by atoms with Crippen LogP contribution in [0.5, 0.6) is 5.75 Å². The van der Waals surface area contributed by atoms with E-state index in [1.54, 1.807) is 4.90 Å². The highest BCUT2D eigenvalue weighted by atomic mass is 19.4. The maximum atomic E-state index is 12.9. The molecule has 1 unspecified atom stereocenters. The van der Waals surface area contributed by atoms with Gasteiger partial charge >= 0.3 is 6.18 Å². The number of carbonyl (C=O) groups excluding carboxylic acids is 2. The van der Waals surface area contributed by atoms with E-state index in [2.05, 4.69) is 10.9 Å². The van der Waals surface area contributed by atoms with Crippen LogP contribution in [-0.4, -0.2) is 35.9 Å². The Morgan fingerprint density at radius 2 is 1.74 bits per heavy atom. The molecular weight excluding hydrogens is 476 g/mol. The zero-order valence-corrected chi connectivity index (χ0v) is 18.5. The molecule has 2 amide bonds. The summed E-state index contributed by atoms with van der Waals surface area (Å²) in [6, 6.07) is 7.40. The molecule has 1 atom stereocenters. The molecule has 1 aliphatic heterocycles. The molecule has 0 aliphatic carbocycles. The predicted octanol–water partition coefficient (Wildman–Crippen LogP) is 3.58. The van der Waals surface area contributed by atoms with Gasteiger partial charge in [-0.3, -0.25) is 30.6 Å². The number of carbonyl (C=O) groups is 2. The first kappa shape index (κ1) is 25.7. The predicted molar refractivity (Wildman–Crippen MR) is 116 cm³/mol. The third-order valence-corrected chi connectivity index (χ3v) is 5.51. The number of anilines is 1. The van der Waals surface area contributed by atoms with Crippen LogP contribution in [0, 0.1) is 21.8 Å². The number of nitro benzene ring substituents is 1. The molecule has 0 radical (unpaired) electrons. The van der Waals surface area contributed by atoms with Gasteiger partial charge in [0, 0.05) is 25.1 Å². The van der Waals surface area contributed by atoms with Crippen molar-refractivity contribution in [2.75, 3.05) is 18.0 Å². The Hall–Kier alpha value is -3.90. The second-order valence-electron chi connectivity index (χ2n) is 7.91. The van der Waals surface area contributed by atoms with E-state index < -0.39 is 52.0 Å². The minimum Gasteiger partial charge on any atom is -0.481 e. The summed E-state index contributed by atoms with van der Waals surface area (Å²) >= 11 is 0. The minimum atomic E-state index is -4.71. The Kier molecular flexibility index (Phi) is 7.77. The van der Waals surface area contributed by atoms with Gasteiger partial charge < -0.3 is 9.64 Å². The summed E-state index contributed by atoms with van der Waals surface area (Å²) in [6.07, 6.45) is -5.16. The standard InChI is InChI=1S/C22H22F4N4O5/c1-13(35-17-5-3-16(23)4-6-17)20(31)27-28-21(32)14-8-10-29(11-9-14)18-7-2-15(22(24,25)26)12-19(18)30(33)34/h2-7,12-14H,8-11H2,1H3,(H,27,31)(H,28,32). The number of benzene rings is 2. The Morgan fingerprint density at radius 3 is 2.31 bits per heavy atom. The normalized spacial score (nSPS) is 15.3. The van der Waals surface area contributed by atoms with Crippen molar-refractivity contribution in [3.05, 3.63) is 64.0 Å². The van der Waals surface area contributed by atoms with Crippen LogP contribution < -0.4 is 20.5 Å². The molecule has 13 heteroatoms. The molecule has 1 heterocycles. The Bertz CT molecular complexity index is 1090. The molecule has 1 aliphatic rings. The van der Waals surface area contributed by atoms with Crippen molar-refractivity contribution in [3.63, 3.8) is 0 Å². The second-order valence-corrected chi connectivity index (χ2v) is 7.91. The Labute approximate surface area is 197 Å². The molecule has 2 N–H and O–H groups in total. The fourth-order valence-corrected chi connectivity index (χ4v) is 3.59. The molecule has 1 saturated heterocycles. The molecule has 0 aromatic heterocycles. The van der Waals surface area contributed by atoms with Gasteiger partial charge in [-0.05, 0) is 56.2 Å². The number of rotatable bonds is 6. The van der Waals surface area contributed by atoms with Crippen LogP contribution in [0.3, 0.4) is 0 Å². The largest absolute Gasteiger partial charge is 0.481 e. The van der Waals surface area contributed by atoms with Crippen LogP contribution in [-0.2, 0) is 15.8 Å². The number of nitrogens with one attached hydrogen (secondary N) is 2. The van der Waals surface area contributed by atoms with Crippen molar-refractivity contribution in [1.82, 2.24) is 10.9 Å². The molecule has 9 nitrogen and oxygen atoms in total. The number of alkyl halides is 3. The number of hydrogen-bond acceptors (Lipinski definition) is 6. The molecule has 0 bridgehead atoms. The maximum absolute atomic E-state index is 12.9. The van der Waals surface area contributed by atoms with Crippen molar-refractivity contribution in [2.24, 2.45) is 5.92 Å². The van der Waals surface area contributed by atoms with Crippen molar-refractivity contribution in [1.29, 1.82) is 0 Å². The highest BCUT2D eigenvalue weighted by molar-refractivity contribution is 5.85. The SMILES string of the molecule is CC(Oc1ccc(F)cc1)C(=O)NNC(=O)C1CCN(c2ccc(C(F)(F)F)cc2[N+](=O)[O-])CC1. The molecular formula is C22H22F4N4O5. The smallest absolute Gasteiger partial charge is 0.416 e. The molecule has 3 rings (SSSR count). The number of hydrogen-bond donors (Lipinski definition) is 2. The molecule has 2 aromatic carbocycles. The van der Waals surface area contributed by atoms with E-state index in [-0.39, 0.29) is 37.4 Å². The van der Waals surface area contributed by atoms with Gasteiger partial charge in [-0.2, -0.15) is 13.2 Å². The summed E-state index contributed by atoms with van der Waals surface area (Å²) in [5.41, 5.74) is 2.82. The lowest BCUT2D eigenvalue weighted by atomic mass is 9.95. The number of halogens is 4. The van der Waals surface area contributed by atoms with Gasteiger partial charge in [0.2, 0.25) is 5.91 Å². The molecule has 1 fully saturated rings. The molecule has 0 spiro atoms. The zero-order chi connectivity index (χ0) is 25.8. The van der Waals surface area contributed by atoms with E-state index in [0.717, 1.165) is 12.1 Å². The van der Waals surface area contributed by atoms with Crippen LogP contribution >= 0.6 is 0 Å². The lowest BCUT2D eigenvalue weighted by Crippen LogP contribution is -2.50. The van der Waals surface area contributed by atoms with Gasteiger partial charge in [0.15, 0.2) is 6.10 Å². The third kappa shape index (κ3) is 6.58. The van der Waals surface area contributed by atoms with Gasteiger partial charge in [-0.1, -0.05) is 0 Å². The van der Waals surface area contributed by atoms with Crippen LogP contribution in [0.4, 0.5) is 28.9 Å². The second kappa shape index (κ2) is 10.6. The lowest BCUT2D eigenvalue weighted by Gasteiger charge is -2.32. The van der Waals surface area contributed by atoms with Crippen LogP contribution in [0.2, 0.25) is 0 Å². The quantitative estimate of drug-likeness (QED) is 0.358. The van der Waals surface area contributed by atoms with Crippen LogP contribution in [0.1, 0.15) is 25.3 Å². The Morgan fingerprint density at radius 1 is 1.11 bits per heavy atom. The van der Waals surface area contributed by atoms with E-state index in [9.17, 15) is 37.3 Å². The topological polar surface area (TPSA) is 114 Å². The number of hydrazine groups is 1. The van der Waals surface area contributed by atoms with Gasteiger partial charge in [0.25, 0.3) is 11.6 Å². The van der Waals surface area contributed by atoms with Crippen LogP contribution in [0.15, 0.2) is 42.5 Å². The van der Waals surface area contributed by atoms with Crippen molar-refractivity contribution in [2.45, 2.75) is 32.0 Å². The summed E-state index contributed by atoms with van der Waals surface area (Å²) in [4.78, 5) is 36.6. The zero-order valence-electron chi connectivity index (χ0n) is 18.5. The monoisotopic (exact) mass is 498 g/mol. The number of nitrogens with zero attached hydrogens (tertiary/aromatic N) is 2. The van der Waals surface area contributed by atoms with Crippen LogP contribution in [0.25, 0.3) is 0 Å². The maximum Gasteiger partial charge on any atom is 0.416 e. The van der Waals surface area contributed by atoms with Crippen molar-refractivity contribution < 1.29 is 36.8 Å². The van der Waals surface area contributed by atoms with E-state index in [0.29, 0.717) is 6.07 Å². The number of nitro groups is 1. The summed E-state index contributed by atoms with van der Waals surface area (Å²) < 4.78 is 57.1. The van der Waals surface area contributed by atoms with Gasteiger partial charge in [-0.25, -0.2) is 4.39 Å². The fraction of sp³-hybridized carbons (Fsp3) is 0.364. The summed E-state index contributed by atoms with van der Waals surface area (Å²) in [5, 5.41) is 11.3. The van der Waals surface area contributed by atoms with Gasteiger partial charge in [0.05, 0.1) is 10.5 Å². The molecule has 2 aromatic rings. The van der Waals surface area contributed by atoms with E-state index in [4.69, 9.17) is 4.74 Å². The molecule has 188 valence electrons. The molecule has 0 saturated carbocycles. The number of ether oxygens (including phenoxy) is 1. The minimum absolute atomic E-state index is 0.0435. The van der Waals surface area contributed by atoms with E-state index >= 15 is 0 Å². The third-order valence-electron chi connectivity index (χ3n) is 5.51. The summed E-state index contributed by atoms with van der Waals surface area (Å²) in [7, 11) is 0. The molecule has 35 heavy (non-hydrogen) atoms. The van der Waals surface area contributed by atoms with Gasteiger partial charge in [0.1, 0.15) is 17.3 Å². The summed E-state index contributed by atoms with van der Waals surface area (Å²) in [6.45, 7) is 1.84. The highest BCUT2D eigenvalue weighted by Crippen LogP contribution is 2.37. The van der Waals surface area contributed by atoms with Gasteiger partial charge in [-0.15, -0.1) is 0 Å². The number of piperidine rings is 1.